The minimum Gasteiger partial charge on any atom is -0.481 e. The van der Waals surface area contributed by atoms with Gasteiger partial charge in [0.2, 0.25) is 0 Å². The van der Waals surface area contributed by atoms with E-state index in [1.165, 1.54) is 0 Å². The van der Waals surface area contributed by atoms with Crippen molar-refractivity contribution in [3.8, 4) is 11.1 Å². The maximum absolute atomic E-state index is 12.7. The molecule has 2 aromatic rings. The standard InChI is InChI=1S/C22H21NO8/c24-19(25)9-10-23(18(21(28)29)11-20(26)27)22(30)31-12-17-15-7-3-1-5-13(15)14-6-2-4-8-16(14)17/h1-8,17-18H,9-12H2,(H,24,25)(H,26,27)(H,28,29). The molecule has 0 bridgehead atoms. The Morgan fingerprint density at radius 3 is 1.90 bits per heavy atom. The van der Waals surface area contributed by atoms with E-state index in [-0.39, 0.29) is 12.5 Å². The molecule has 0 aromatic heterocycles. The van der Waals surface area contributed by atoms with Gasteiger partial charge in [-0.1, -0.05) is 48.5 Å². The number of ether oxygens (including phenoxy) is 1. The van der Waals surface area contributed by atoms with Crippen molar-refractivity contribution in [2.45, 2.75) is 24.8 Å². The highest BCUT2D eigenvalue weighted by molar-refractivity contribution is 5.85. The van der Waals surface area contributed by atoms with Gasteiger partial charge < -0.3 is 20.1 Å². The third-order valence-electron chi connectivity index (χ3n) is 5.17. The molecule has 3 N–H and O–H groups in total. The summed E-state index contributed by atoms with van der Waals surface area (Å²) in [5, 5.41) is 27.3. The van der Waals surface area contributed by atoms with Crippen LogP contribution in [0.2, 0.25) is 0 Å². The second-order valence-electron chi connectivity index (χ2n) is 7.09. The maximum Gasteiger partial charge on any atom is 0.410 e. The van der Waals surface area contributed by atoms with E-state index in [0.717, 1.165) is 22.3 Å². The van der Waals surface area contributed by atoms with Crippen LogP contribution in [0.15, 0.2) is 48.5 Å². The summed E-state index contributed by atoms with van der Waals surface area (Å²) < 4.78 is 5.38. The molecule has 1 atom stereocenters. The minimum absolute atomic E-state index is 0.101. The van der Waals surface area contributed by atoms with E-state index in [1.54, 1.807) is 0 Å². The number of amides is 1. The summed E-state index contributed by atoms with van der Waals surface area (Å²) >= 11 is 0. The van der Waals surface area contributed by atoms with Crippen LogP contribution in [0.3, 0.4) is 0 Å². The van der Waals surface area contributed by atoms with Crippen molar-refractivity contribution in [1.29, 1.82) is 0 Å². The van der Waals surface area contributed by atoms with E-state index in [2.05, 4.69) is 0 Å². The number of aliphatic carboxylic acids is 3. The van der Waals surface area contributed by atoms with Crippen LogP contribution in [0, 0.1) is 0 Å². The van der Waals surface area contributed by atoms with Gasteiger partial charge in [-0.2, -0.15) is 0 Å². The predicted molar refractivity (Wildman–Crippen MR) is 108 cm³/mol. The van der Waals surface area contributed by atoms with Gasteiger partial charge in [-0.3, -0.25) is 14.5 Å². The van der Waals surface area contributed by atoms with Gasteiger partial charge in [0.15, 0.2) is 0 Å². The number of hydrogen-bond donors (Lipinski definition) is 3. The Morgan fingerprint density at radius 2 is 1.42 bits per heavy atom. The molecule has 2 aromatic carbocycles. The molecule has 0 saturated carbocycles. The SMILES string of the molecule is O=C(O)CCN(C(=O)OCC1c2ccccc2-c2ccccc21)C(CC(=O)O)C(=O)O. The fourth-order valence-corrected chi connectivity index (χ4v) is 3.76. The van der Waals surface area contributed by atoms with Crippen molar-refractivity contribution in [2.24, 2.45) is 0 Å². The van der Waals surface area contributed by atoms with E-state index >= 15 is 0 Å². The zero-order valence-electron chi connectivity index (χ0n) is 16.4. The molecule has 0 spiro atoms. The summed E-state index contributed by atoms with van der Waals surface area (Å²) in [6, 6.07) is 13.6. The molecule has 1 unspecified atom stereocenters. The van der Waals surface area contributed by atoms with E-state index in [4.69, 9.17) is 14.9 Å². The van der Waals surface area contributed by atoms with Crippen LogP contribution in [-0.2, 0) is 19.1 Å². The molecule has 9 nitrogen and oxygen atoms in total. The van der Waals surface area contributed by atoms with Gasteiger partial charge in [0, 0.05) is 12.5 Å². The topological polar surface area (TPSA) is 141 Å². The van der Waals surface area contributed by atoms with Crippen LogP contribution in [0.4, 0.5) is 4.79 Å². The van der Waals surface area contributed by atoms with Crippen LogP contribution in [0.25, 0.3) is 11.1 Å². The summed E-state index contributed by atoms with van der Waals surface area (Å²) in [7, 11) is 0. The van der Waals surface area contributed by atoms with E-state index in [0.29, 0.717) is 4.90 Å². The van der Waals surface area contributed by atoms with Crippen LogP contribution >= 0.6 is 0 Å². The van der Waals surface area contributed by atoms with Gasteiger partial charge in [0.1, 0.15) is 12.6 Å². The summed E-state index contributed by atoms with van der Waals surface area (Å²) in [5.74, 6) is -4.52. The number of nitrogens with zero attached hydrogens (tertiary/aromatic N) is 1. The molecule has 31 heavy (non-hydrogen) atoms. The maximum atomic E-state index is 12.7. The number of hydrogen-bond acceptors (Lipinski definition) is 5. The minimum atomic E-state index is -1.74. The first-order valence-electron chi connectivity index (χ1n) is 9.57. The number of benzene rings is 2. The van der Waals surface area contributed by atoms with Crippen molar-refractivity contribution in [3.05, 3.63) is 59.7 Å². The molecule has 9 heteroatoms. The van der Waals surface area contributed by atoms with Crippen molar-refractivity contribution < 1.29 is 39.2 Å². The second kappa shape index (κ2) is 9.29. The molecule has 0 radical (unpaired) electrons. The highest BCUT2D eigenvalue weighted by atomic mass is 16.6. The van der Waals surface area contributed by atoms with Crippen molar-refractivity contribution in [1.82, 2.24) is 4.90 Å². The molecule has 0 fully saturated rings. The van der Waals surface area contributed by atoms with E-state index < -0.39 is 49.4 Å². The molecule has 0 aliphatic heterocycles. The van der Waals surface area contributed by atoms with Gasteiger partial charge in [-0.05, 0) is 22.3 Å². The lowest BCUT2D eigenvalue weighted by Crippen LogP contribution is -2.47. The Kier molecular flexibility index (Phi) is 6.54. The predicted octanol–water partition coefficient (Wildman–Crippen LogP) is 2.64. The number of carbonyl (C=O) groups excluding carboxylic acids is 1. The monoisotopic (exact) mass is 427 g/mol. The first-order chi connectivity index (χ1) is 14.8. The molecular weight excluding hydrogens is 406 g/mol. The number of fused-ring (bicyclic) bond motifs is 3. The number of carbonyl (C=O) groups is 4. The lowest BCUT2D eigenvalue weighted by molar-refractivity contribution is -0.149. The lowest BCUT2D eigenvalue weighted by atomic mass is 9.98. The number of rotatable bonds is 9. The van der Waals surface area contributed by atoms with Crippen LogP contribution in [0.1, 0.15) is 29.9 Å². The lowest BCUT2D eigenvalue weighted by Gasteiger charge is -2.27. The van der Waals surface area contributed by atoms with Gasteiger partial charge in [0.05, 0.1) is 12.8 Å². The fourth-order valence-electron chi connectivity index (χ4n) is 3.76. The fraction of sp³-hybridized carbons (Fsp3) is 0.273. The number of carboxylic acid groups (broad SMARTS) is 3. The zero-order valence-corrected chi connectivity index (χ0v) is 16.4. The average Bonchev–Trinajstić information content (AvgIpc) is 3.05. The highest BCUT2D eigenvalue weighted by Crippen LogP contribution is 2.44. The zero-order chi connectivity index (χ0) is 22.5. The third kappa shape index (κ3) is 4.82. The Labute approximate surface area is 177 Å². The summed E-state index contributed by atoms with van der Waals surface area (Å²) in [5.41, 5.74) is 3.93. The molecule has 0 saturated heterocycles. The summed E-state index contributed by atoms with van der Waals surface area (Å²) in [6.45, 7) is -0.591. The van der Waals surface area contributed by atoms with Gasteiger partial charge in [-0.25, -0.2) is 9.59 Å². The molecular formula is C22H21NO8. The Balaban J connectivity index is 1.81. The van der Waals surface area contributed by atoms with Crippen LogP contribution < -0.4 is 0 Å². The average molecular weight is 427 g/mol. The quantitative estimate of drug-likeness (QED) is 0.554. The first kappa shape index (κ1) is 21.8. The van der Waals surface area contributed by atoms with Gasteiger partial charge in [-0.15, -0.1) is 0 Å². The van der Waals surface area contributed by atoms with Crippen molar-refractivity contribution in [3.63, 3.8) is 0 Å². The third-order valence-corrected chi connectivity index (χ3v) is 5.17. The summed E-state index contributed by atoms with van der Waals surface area (Å²) in [4.78, 5) is 46.9. The van der Waals surface area contributed by atoms with Gasteiger partial charge >= 0.3 is 24.0 Å². The molecule has 1 amide bonds. The molecule has 1 aliphatic rings. The van der Waals surface area contributed by atoms with Crippen molar-refractivity contribution >= 4 is 24.0 Å². The largest absolute Gasteiger partial charge is 0.481 e. The highest BCUT2D eigenvalue weighted by Gasteiger charge is 2.35. The van der Waals surface area contributed by atoms with Gasteiger partial charge in [0.25, 0.3) is 0 Å². The molecule has 3 rings (SSSR count). The van der Waals surface area contributed by atoms with Crippen LogP contribution in [-0.4, -0.2) is 63.4 Å². The molecule has 0 heterocycles. The van der Waals surface area contributed by atoms with E-state index in [1.807, 2.05) is 48.5 Å². The molecule has 1 aliphatic carbocycles. The summed E-state index contributed by atoms with van der Waals surface area (Å²) in [6.07, 6.45) is -2.50. The van der Waals surface area contributed by atoms with Crippen LogP contribution in [0.5, 0.6) is 0 Å². The Hall–Kier alpha value is -3.88. The smallest absolute Gasteiger partial charge is 0.410 e. The first-order valence-corrected chi connectivity index (χ1v) is 9.57. The Morgan fingerprint density at radius 1 is 0.871 bits per heavy atom. The second-order valence-corrected chi connectivity index (χ2v) is 7.09. The normalized spacial score (nSPS) is 13.0. The Bertz CT molecular complexity index is 973. The number of carboxylic acids is 3. The van der Waals surface area contributed by atoms with Crippen molar-refractivity contribution in [2.75, 3.05) is 13.2 Å². The molecule has 162 valence electrons. The van der Waals surface area contributed by atoms with E-state index in [9.17, 15) is 24.3 Å².